The van der Waals surface area contributed by atoms with E-state index in [0.29, 0.717) is 11.7 Å². The van der Waals surface area contributed by atoms with Crippen LogP contribution < -0.4 is 5.73 Å². The van der Waals surface area contributed by atoms with Crippen LogP contribution >= 0.6 is 0 Å². The molecule has 0 aliphatic heterocycles. The molecule has 0 aliphatic rings. The molecule has 1 aromatic heterocycles. The molecule has 84 valence electrons. The predicted molar refractivity (Wildman–Crippen MR) is 64.6 cm³/mol. The fourth-order valence-electron chi connectivity index (χ4n) is 1.79. The molecule has 0 aliphatic carbocycles. The zero-order valence-electron chi connectivity index (χ0n) is 9.81. The third-order valence-electron chi connectivity index (χ3n) is 2.53. The summed E-state index contributed by atoms with van der Waals surface area (Å²) in [5.74, 6) is 0.812. The van der Waals surface area contributed by atoms with Gasteiger partial charge < -0.3 is 5.73 Å². The molecule has 2 rings (SSSR count). The number of nitrogens with zero attached hydrogens (tertiary/aromatic N) is 3. The van der Waals surface area contributed by atoms with Crippen LogP contribution in [0.5, 0.6) is 0 Å². The minimum absolute atomic E-state index is 0.301. The van der Waals surface area contributed by atoms with Crippen molar-refractivity contribution in [3.63, 3.8) is 0 Å². The van der Waals surface area contributed by atoms with Crippen LogP contribution in [-0.2, 0) is 0 Å². The first-order valence-corrected chi connectivity index (χ1v) is 5.37. The summed E-state index contributed by atoms with van der Waals surface area (Å²) >= 11 is 0. The molecule has 4 heteroatoms. The zero-order chi connectivity index (χ0) is 11.7. The lowest BCUT2D eigenvalue weighted by Gasteiger charge is -2.09. The Labute approximate surface area is 95.1 Å². The van der Waals surface area contributed by atoms with E-state index >= 15 is 0 Å². The summed E-state index contributed by atoms with van der Waals surface area (Å²) in [7, 11) is 0. The second-order valence-electron chi connectivity index (χ2n) is 4.27. The molecule has 0 bridgehead atoms. The van der Waals surface area contributed by atoms with E-state index < -0.39 is 0 Å². The summed E-state index contributed by atoms with van der Waals surface area (Å²) in [5.41, 5.74) is 8.99. The van der Waals surface area contributed by atoms with E-state index in [-0.39, 0.29) is 0 Å². The van der Waals surface area contributed by atoms with Crippen LogP contribution in [0.25, 0.3) is 5.69 Å². The van der Waals surface area contributed by atoms with E-state index in [1.165, 1.54) is 5.56 Å². The quantitative estimate of drug-likeness (QED) is 0.837. The molecule has 4 nitrogen and oxygen atoms in total. The third kappa shape index (κ3) is 1.78. The van der Waals surface area contributed by atoms with Gasteiger partial charge in [-0.2, -0.15) is 0 Å². The van der Waals surface area contributed by atoms with Gasteiger partial charge in [0.25, 0.3) is 0 Å². The van der Waals surface area contributed by atoms with Gasteiger partial charge in [0.2, 0.25) is 0 Å². The molecule has 2 N–H and O–H groups in total. The number of aromatic nitrogens is 3. The minimum atomic E-state index is 0.301. The van der Waals surface area contributed by atoms with Gasteiger partial charge in [-0.1, -0.05) is 31.2 Å². The van der Waals surface area contributed by atoms with Gasteiger partial charge in [0.1, 0.15) is 0 Å². The molecule has 1 aromatic carbocycles. The molecule has 0 saturated carbocycles. The van der Waals surface area contributed by atoms with Crippen molar-refractivity contribution in [1.29, 1.82) is 0 Å². The number of benzene rings is 1. The highest BCUT2D eigenvalue weighted by Gasteiger charge is 2.14. The van der Waals surface area contributed by atoms with Gasteiger partial charge in [0.05, 0.1) is 11.4 Å². The van der Waals surface area contributed by atoms with Crippen LogP contribution in [0, 0.1) is 6.92 Å². The van der Waals surface area contributed by atoms with E-state index in [4.69, 9.17) is 5.73 Å². The smallest absolute Gasteiger partial charge is 0.169 e. The van der Waals surface area contributed by atoms with Gasteiger partial charge >= 0.3 is 0 Å². The summed E-state index contributed by atoms with van der Waals surface area (Å²) in [6.45, 7) is 6.22. The maximum atomic E-state index is 5.82. The van der Waals surface area contributed by atoms with Crippen molar-refractivity contribution in [2.45, 2.75) is 26.7 Å². The van der Waals surface area contributed by atoms with Crippen molar-refractivity contribution in [2.24, 2.45) is 0 Å². The first-order valence-electron chi connectivity index (χ1n) is 5.37. The second kappa shape index (κ2) is 3.96. The van der Waals surface area contributed by atoms with Crippen molar-refractivity contribution < 1.29 is 0 Å². The molecule has 16 heavy (non-hydrogen) atoms. The molecule has 1 heterocycles. The standard InChI is InChI=1S/C12H16N4/c1-8(2)11-12(13)14-15-16(11)10-6-4-5-9(3)7-10/h4-8H,13H2,1-3H3. The summed E-state index contributed by atoms with van der Waals surface area (Å²) in [5, 5.41) is 8.02. The minimum Gasteiger partial charge on any atom is -0.381 e. The molecule has 0 saturated heterocycles. The number of hydrogen-bond acceptors (Lipinski definition) is 3. The number of rotatable bonds is 2. The maximum Gasteiger partial charge on any atom is 0.169 e. The molecule has 0 unspecified atom stereocenters. The third-order valence-corrected chi connectivity index (χ3v) is 2.53. The average Bonchev–Trinajstić information content (AvgIpc) is 2.60. The van der Waals surface area contributed by atoms with Crippen LogP contribution in [0.3, 0.4) is 0 Å². The Morgan fingerprint density at radius 1 is 1.31 bits per heavy atom. The topological polar surface area (TPSA) is 56.7 Å². The number of aryl methyl sites for hydroxylation is 1. The largest absolute Gasteiger partial charge is 0.381 e. The van der Waals surface area contributed by atoms with Gasteiger partial charge in [-0.15, -0.1) is 5.10 Å². The number of nitrogens with two attached hydrogens (primary N) is 1. The zero-order valence-corrected chi connectivity index (χ0v) is 9.81. The van der Waals surface area contributed by atoms with Gasteiger partial charge in [0.15, 0.2) is 5.82 Å². The molecular weight excluding hydrogens is 200 g/mol. The van der Waals surface area contributed by atoms with Crippen LogP contribution in [0.15, 0.2) is 24.3 Å². The number of hydrogen-bond donors (Lipinski definition) is 1. The van der Waals surface area contributed by atoms with E-state index in [0.717, 1.165) is 11.4 Å². The molecule has 0 radical (unpaired) electrons. The van der Waals surface area contributed by atoms with Crippen LogP contribution in [0.4, 0.5) is 5.82 Å². The Morgan fingerprint density at radius 3 is 2.69 bits per heavy atom. The van der Waals surface area contributed by atoms with E-state index in [1.54, 1.807) is 0 Å². The summed E-state index contributed by atoms with van der Waals surface area (Å²) in [6.07, 6.45) is 0. The molecule has 0 fully saturated rings. The lowest BCUT2D eigenvalue weighted by molar-refractivity contribution is 0.715. The summed E-state index contributed by atoms with van der Waals surface area (Å²) in [4.78, 5) is 0. The summed E-state index contributed by atoms with van der Waals surface area (Å²) in [6, 6.07) is 8.14. The lowest BCUT2D eigenvalue weighted by atomic mass is 10.1. The normalized spacial score (nSPS) is 11.0. The van der Waals surface area contributed by atoms with Crippen LogP contribution in [-0.4, -0.2) is 15.0 Å². The van der Waals surface area contributed by atoms with E-state index in [1.807, 2.05) is 16.8 Å². The highest BCUT2D eigenvalue weighted by atomic mass is 15.4. The Hall–Kier alpha value is -1.84. The predicted octanol–water partition coefficient (Wildman–Crippen LogP) is 2.28. The monoisotopic (exact) mass is 216 g/mol. The van der Waals surface area contributed by atoms with Crippen molar-refractivity contribution in [3.05, 3.63) is 35.5 Å². The van der Waals surface area contributed by atoms with Crippen molar-refractivity contribution in [1.82, 2.24) is 15.0 Å². The fourth-order valence-corrected chi connectivity index (χ4v) is 1.79. The molecular formula is C12H16N4. The number of anilines is 1. The fraction of sp³-hybridized carbons (Fsp3) is 0.333. The first-order chi connectivity index (χ1) is 7.59. The Morgan fingerprint density at radius 2 is 2.06 bits per heavy atom. The van der Waals surface area contributed by atoms with E-state index in [9.17, 15) is 0 Å². The van der Waals surface area contributed by atoms with Crippen molar-refractivity contribution in [3.8, 4) is 5.69 Å². The SMILES string of the molecule is Cc1cccc(-n2nnc(N)c2C(C)C)c1. The molecule has 2 aromatic rings. The average molecular weight is 216 g/mol. The first kappa shape index (κ1) is 10.7. The Bertz CT molecular complexity index is 499. The van der Waals surface area contributed by atoms with Crippen LogP contribution in [0.2, 0.25) is 0 Å². The van der Waals surface area contributed by atoms with E-state index in [2.05, 4.69) is 43.2 Å². The van der Waals surface area contributed by atoms with Crippen molar-refractivity contribution in [2.75, 3.05) is 5.73 Å². The van der Waals surface area contributed by atoms with Gasteiger partial charge in [0, 0.05) is 0 Å². The van der Waals surface area contributed by atoms with Crippen LogP contribution in [0.1, 0.15) is 31.0 Å². The van der Waals surface area contributed by atoms with Crippen molar-refractivity contribution >= 4 is 5.82 Å². The molecule has 0 amide bonds. The molecule has 0 spiro atoms. The highest BCUT2D eigenvalue weighted by Crippen LogP contribution is 2.22. The van der Waals surface area contributed by atoms with Gasteiger partial charge in [-0.05, 0) is 30.5 Å². The highest BCUT2D eigenvalue weighted by molar-refractivity contribution is 5.43. The maximum absolute atomic E-state index is 5.82. The Kier molecular flexibility index (Phi) is 2.64. The van der Waals surface area contributed by atoms with Gasteiger partial charge in [-0.3, -0.25) is 0 Å². The van der Waals surface area contributed by atoms with Gasteiger partial charge in [-0.25, -0.2) is 4.68 Å². The summed E-state index contributed by atoms with van der Waals surface area (Å²) < 4.78 is 1.81. The number of nitrogen functional groups attached to an aromatic ring is 1. The Balaban J connectivity index is 2.56. The molecule has 0 atom stereocenters. The second-order valence-corrected chi connectivity index (χ2v) is 4.27. The lowest BCUT2D eigenvalue weighted by Crippen LogP contribution is -2.05.